The Morgan fingerprint density at radius 1 is 0.203 bits per heavy atom. The van der Waals surface area contributed by atoms with Crippen LogP contribution in [0.1, 0.15) is 0 Å². The van der Waals surface area contributed by atoms with Crippen LogP contribution in [0, 0.1) is 0 Å². The lowest BCUT2D eigenvalue weighted by atomic mass is 10.0. The van der Waals surface area contributed by atoms with Crippen molar-refractivity contribution in [2.45, 2.75) is 0 Å². The summed E-state index contributed by atoms with van der Waals surface area (Å²) < 4.78 is 0. The van der Waals surface area contributed by atoms with Crippen molar-refractivity contribution in [3.05, 3.63) is 261 Å². The van der Waals surface area contributed by atoms with E-state index < -0.39 is 0 Å². The van der Waals surface area contributed by atoms with Gasteiger partial charge in [0.25, 0.3) is 0 Å². The van der Waals surface area contributed by atoms with Crippen molar-refractivity contribution >= 4 is 34.4 Å². The van der Waals surface area contributed by atoms with Crippen molar-refractivity contribution in [2.24, 2.45) is 0 Å². The number of hydrogen-bond donors (Lipinski definition) is 0. The zero-order valence-corrected chi connectivity index (χ0v) is 39.9. The summed E-state index contributed by atoms with van der Waals surface area (Å²) in [7, 11) is 0. The fourth-order valence-electron chi connectivity index (χ4n) is 9.54. The van der Waals surface area contributed by atoms with E-state index in [4.69, 9.17) is 34.9 Å². The minimum absolute atomic E-state index is 0.490. The van der Waals surface area contributed by atoms with Gasteiger partial charge in [-0.2, -0.15) is 9.97 Å². The summed E-state index contributed by atoms with van der Waals surface area (Å²) in [6, 6.07) is 88.5. The van der Waals surface area contributed by atoms with Crippen molar-refractivity contribution in [1.29, 1.82) is 0 Å². The minimum atomic E-state index is 0.490. The second-order valence-electron chi connectivity index (χ2n) is 17.8. The van der Waals surface area contributed by atoms with Crippen LogP contribution in [0.3, 0.4) is 0 Å². The van der Waals surface area contributed by atoms with Crippen LogP contribution < -0.4 is 9.80 Å². The van der Waals surface area contributed by atoms with Gasteiger partial charge in [-0.25, -0.2) is 24.9 Å². The highest BCUT2D eigenvalue weighted by Gasteiger charge is 2.34. The molecule has 0 saturated heterocycles. The van der Waals surface area contributed by atoms with Gasteiger partial charge in [0.05, 0.1) is 51.2 Å². The van der Waals surface area contributed by atoms with Gasteiger partial charge in [-0.05, 0) is 54.6 Å². The number of nitrogens with zero attached hydrogens (tertiary/aromatic N) is 9. The van der Waals surface area contributed by atoms with Gasteiger partial charge < -0.3 is 4.90 Å². The first kappa shape index (κ1) is 43.7. The average molecular weight is 950 g/mol. The molecular weight excluding hydrogens is 907 g/mol. The second kappa shape index (κ2) is 19.2. The molecule has 0 unspecified atom stereocenters. The van der Waals surface area contributed by atoms with Crippen LogP contribution in [0.2, 0.25) is 0 Å². The van der Waals surface area contributed by atoms with Crippen LogP contribution in [-0.2, 0) is 0 Å². The van der Waals surface area contributed by atoms with Gasteiger partial charge in [0.2, 0.25) is 5.95 Å². The molecule has 13 rings (SSSR count). The number of aromatic nitrogens is 7. The van der Waals surface area contributed by atoms with E-state index in [1.807, 2.05) is 133 Å². The third-order valence-corrected chi connectivity index (χ3v) is 13.1. The van der Waals surface area contributed by atoms with Gasteiger partial charge in [0.15, 0.2) is 23.3 Å². The van der Waals surface area contributed by atoms with E-state index >= 15 is 0 Å². The van der Waals surface area contributed by atoms with Gasteiger partial charge in [0, 0.05) is 44.5 Å². The molecule has 1 aliphatic heterocycles. The van der Waals surface area contributed by atoms with Gasteiger partial charge in [-0.3, -0.25) is 4.90 Å². The van der Waals surface area contributed by atoms with Crippen molar-refractivity contribution in [2.75, 3.05) is 9.80 Å². The van der Waals surface area contributed by atoms with Crippen molar-refractivity contribution in [3.8, 4) is 90.6 Å². The zero-order valence-electron chi connectivity index (χ0n) is 39.9. The molecule has 348 valence electrons. The Morgan fingerprint density at radius 2 is 0.514 bits per heavy atom. The van der Waals surface area contributed by atoms with Gasteiger partial charge in [-0.15, -0.1) is 0 Å². The molecule has 1 aliphatic rings. The summed E-state index contributed by atoms with van der Waals surface area (Å²) in [6.07, 6.45) is 0. The molecule has 0 spiro atoms. The molecule has 0 amide bonds. The first-order chi connectivity index (χ1) is 36.7. The molecule has 0 bridgehead atoms. The predicted molar refractivity (Wildman–Crippen MR) is 297 cm³/mol. The highest BCUT2D eigenvalue weighted by atomic mass is 15.3. The van der Waals surface area contributed by atoms with Crippen LogP contribution in [0.15, 0.2) is 261 Å². The number of rotatable bonds is 10. The second-order valence-corrected chi connectivity index (χ2v) is 17.8. The summed E-state index contributed by atoms with van der Waals surface area (Å²) >= 11 is 0. The van der Waals surface area contributed by atoms with Gasteiger partial charge in [0.1, 0.15) is 0 Å². The normalized spacial score (nSPS) is 11.7. The SMILES string of the molecule is c1ccc(-c2cc(-c3ccccc3)nc(-c3ccc(N4c5ccccc5N(c5nc(-c6ccccc6)nc(-c6ccccc6)n5)c5ccccc54)c(-c4nc(-c5ccccc5)cc(-c5ccccc5)n4)c3)n2)cc1. The topological polar surface area (TPSA) is 96.7 Å². The highest BCUT2D eigenvalue weighted by molar-refractivity contribution is 6.03. The number of benzene rings is 9. The summed E-state index contributed by atoms with van der Waals surface area (Å²) in [5.41, 5.74) is 14.9. The molecule has 0 fully saturated rings. The smallest absolute Gasteiger partial charge is 0.238 e. The Morgan fingerprint density at radius 3 is 0.892 bits per heavy atom. The summed E-state index contributed by atoms with van der Waals surface area (Å²) in [5.74, 6) is 2.75. The molecule has 12 aromatic rings. The lowest BCUT2D eigenvalue weighted by molar-refractivity contribution is 1.01. The Hall–Kier alpha value is -10.3. The van der Waals surface area contributed by atoms with E-state index in [1.54, 1.807) is 0 Å². The van der Waals surface area contributed by atoms with Crippen LogP contribution >= 0.6 is 0 Å². The molecule has 0 radical (unpaired) electrons. The summed E-state index contributed by atoms with van der Waals surface area (Å²) in [6.45, 7) is 0. The van der Waals surface area contributed by atoms with Crippen molar-refractivity contribution < 1.29 is 0 Å². The molecule has 9 aromatic carbocycles. The lowest BCUT2D eigenvalue weighted by Crippen LogP contribution is -2.26. The minimum Gasteiger partial charge on any atom is -0.306 e. The maximum atomic E-state index is 5.46. The van der Waals surface area contributed by atoms with E-state index in [0.717, 1.165) is 95.7 Å². The molecule has 0 saturated carbocycles. The number of anilines is 6. The van der Waals surface area contributed by atoms with Gasteiger partial charge >= 0.3 is 0 Å². The van der Waals surface area contributed by atoms with E-state index in [1.165, 1.54) is 0 Å². The molecule has 4 heterocycles. The van der Waals surface area contributed by atoms with Crippen LogP contribution in [0.5, 0.6) is 0 Å². The van der Waals surface area contributed by atoms with Crippen molar-refractivity contribution in [1.82, 2.24) is 34.9 Å². The first-order valence-corrected chi connectivity index (χ1v) is 24.5. The molecule has 9 heteroatoms. The standard InChI is InChI=1S/C65H43N9/c1-7-23-44(24-8-1)52-42-53(45-25-9-2-10-26-45)67-63(66-52)50-39-40-56(51(41-50)64-68-54(46-27-11-3-12-28-46)43-55(69-64)47-29-13-4-14-30-47)73-57-35-19-21-37-59(57)74(60-38-22-20-36-58(60)73)65-71-61(48-31-15-5-16-32-48)70-62(72-65)49-33-17-6-18-34-49/h1-43H. The highest BCUT2D eigenvalue weighted by Crippen LogP contribution is 2.55. The predicted octanol–water partition coefficient (Wildman–Crippen LogP) is 16.0. The lowest BCUT2D eigenvalue weighted by Gasteiger charge is -2.39. The molecule has 0 aliphatic carbocycles. The zero-order chi connectivity index (χ0) is 49.2. The van der Waals surface area contributed by atoms with E-state index in [9.17, 15) is 0 Å². The fourth-order valence-corrected chi connectivity index (χ4v) is 9.54. The third kappa shape index (κ3) is 8.40. The molecule has 0 N–H and O–H groups in total. The van der Waals surface area contributed by atoms with E-state index in [0.29, 0.717) is 29.2 Å². The number of para-hydroxylation sites is 4. The van der Waals surface area contributed by atoms with Crippen molar-refractivity contribution in [3.63, 3.8) is 0 Å². The third-order valence-electron chi connectivity index (χ3n) is 13.1. The van der Waals surface area contributed by atoms with E-state index in [2.05, 4.69) is 137 Å². The maximum Gasteiger partial charge on any atom is 0.238 e. The summed E-state index contributed by atoms with van der Waals surface area (Å²) in [4.78, 5) is 41.5. The van der Waals surface area contributed by atoms with Crippen LogP contribution in [0.4, 0.5) is 34.4 Å². The quantitative estimate of drug-likeness (QED) is 0.133. The Labute approximate surface area is 428 Å². The molecule has 9 nitrogen and oxygen atoms in total. The van der Waals surface area contributed by atoms with E-state index in [-0.39, 0.29) is 0 Å². The average Bonchev–Trinajstić information content (AvgIpc) is 3.49. The maximum absolute atomic E-state index is 5.46. The monoisotopic (exact) mass is 949 g/mol. The first-order valence-electron chi connectivity index (χ1n) is 24.5. The Bertz CT molecular complexity index is 3730. The molecule has 0 atom stereocenters. The fraction of sp³-hybridized carbons (Fsp3) is 0. The van der Waals surface area contributed by atoms with Gasteiger partial charge in [-0.1, -0.05) is 206 Å². The molecule has 74 heavy (non-hydrogen) atoms. The Kier molecular flexibility index (Phi) is 11.3. The molecule has 3 aromatic heterocycles. The Balaban J connectivity index is 1.05. The largest absolute Gasteiger partial charge is 0.306 e. The summed E-state index contributed by atoms with van der Waals surface area (Å²) in [5, 5.41) is 0. The molecular formula is C65H43N9. The van der Waals surface area contributed by atoms with Crippen LogP contribution in [-0.4, -0.2) is 34.9 Å². The number of hydrogen-bond acceptors (Lipinski definition) is 9. The number of fused-ring (bicyclic) bond motifs is 2. The van der Waals surface area contributed by atoms with Crippen LogP contribution in [0.25, 0.3) is 90.6 Å².